The lowest BCUT2D eigenvalue weighted by Gasteiger charge is -2.20. The Labute approximate surface area is 139 Å². The van der Waals surface area contributed by atoms with Crippen molar-refractivity contribution in [2.24, 2.45) is 5.10 Å². The zero-order valence-corrected chi connectivity index (χ0v) is 13.2. The van der Waals surface area contributed by atoms with E-state index in [1.165, 1.54) is 0 Å². The molecule has 0 fully saturated rings. The van der Waals surface area contributed by atoms with Gasteiger partial charge in [-0.3, -0.25) is 5.01 Å². The predicted octanol–water partition coefficient (Wildman–Crippen LogP) is 4.67. The van der Waals surface area contributed by atoms with Gasteiger partial charge in [-0.05, 0) is 23.3 Å². The topological polar surface area (TPSA) is 39.4 Å². The fraction of sp³-hybridized carbons (Fsp3) is 0.176. The van der Waals surface area contributed by atoms with Crippen molar-refractivity contribution in [2.45, 2.75) is 12.5 Å². The Hall–Kier alpha value is -2.02. The zero-order valence-electron chi connectivity index (χ0n) is 11.7. The van der Waals surface area contributed by atoms with Gasteiger partial charge in [0.25, 0.3) is 0 Å². The van der Waals surface area contributed by atoms with E-state index in [1.54, 1.807) is 12.1 Å². The molecule has 0 saturated carbocycles. The first kappa shape index (κ1) is 14.9. The summed E-state index contributed by atoms with van der Waals surface area (Å²) in [7, 11) is 0. The van der Waals surface area contributed by atoms with Gasteiger partial charge in [0.15, 0.2) is 6.04 Å². The average molecular weight is 330 g/mol. The van der Waals surface area contributed by atoms with Crippen LogP contribution in [-0.2, 0) is 0 Å². The summed E-state index contributed by atoms with van der Waals surface area (Å²) >= 11 is 12.0. The van der Waals surface area contributed by atoms with Crippen molar-refractivity contribution >= 4 is 28.9 Å². The second kappa shape index (κ2) is 6.39. The molecule has 1 unspecified atom stereocenters. The Morgan fingerprint density at radius 2 is 1.86 bits per heavy atom. The normalized spacial score (nSPS) is 15.3. The number of nitrogens with zero attached hydrogens (tertiary/aromatic N) is 3. The maximum atomic E-state index is 9.52. The summed E-state index contributed by atoms with van der Waals surface area (Å²) in [5.41, 5.74) is 2.90. The molecule has 0 N–H and O–H groups in total. The van der Waals surface area contributed by atoms with Crippen molar-refractivity contribution in [1.82, 2.24) is 5.01 Å². The summed E-state index contributed by atoms with van der Waals surface area (Å²) < 4.78 is 0. The van der Waals surface area contributed by atoms with Gasteiger partial charge in [-0.1, -0.05) is 59.6 Å². The number of halogens is 2. The highest BCUT2D eigenvalue weighted by Crippen LogP contribution is 2.30. The van der Waals surface area contributed by atoms with E-state index in [9.17, 15) is 5.26 Å². The van der Waals surface area contributed by atoms with E-state index >= 15 is 0 Å². The monoisotopic (exact) mass is 329 g/mol. The van der Waals surface area contributed by atoms with Crippen LogP contribution in [0.4, 0.5) is 0 Å². The minimum absolute atomic E-state index is 0.450. The number of rotatable bonds is 3. The first-order valence-corrected chi connectivity index (χ1v) is 7.69. The summed E-state index contributed by atoms with van der Waals surface area (Å²) in [5, 5.41) is 16.9. The van der Waals surface area contributed by atoms with Crippen molar-refractivity contribution in [3.8, 4) is 6.07 Å². The molecular weight excluding hydrogens is 317 g/mol. The molecule has 0 aliphatic carbocycles. The van der Waals surface area contributed by atoms with E-state index in [1.807, 2.05) is 41.4 Å². The van der Waals surface area contributed by atoms with E-state index < -0.39 is 6.04 Å². The molecule has 1 heterocycles. The van der Waals surface area contributed by atoms with Gasteiger partial charge < -0.3 is 0 Å². The molecule has 1 aliphatic rings. The van der Waals surface area contributed by atoms with E-state index in [4.69, 9.17) is 23.2 Å². The van der Waals surface area contributed by atoms with Crippen LogP contribution in [0.3, 0.4) is 0 Å². The molecule has 0 bridgehead atoms. The maximum Gasteiger partial charge on any atom is 0.158 e. The molecule has 110 valence electrons. The summed E-state index contributed by atoms with van der Waals surface area (Å²) in [4.78, 5) is 0. The molecule has 5 heteroatoms. The lowest BCUT2D eigenvalue weighted by Crippen LogP contribution is -2.20. The molecule has 0 saturated heterocycles. The smallest absolute Gasteiger partial charge is 0.158 e. The van der Waals surface area contributed by atoms with E-state index in [0.717, 1.165) is 23.3 Å². The number of hydrogen-bond acceptors (Lipinski definition) is 3. The van der Waals surface area contributed by atoms with Crippen molar-refractivity contribution in [1.29, 1.82) is 5.26 Å². The van der Waals surface area contributed by atoms with Crippen molar-refractivity contribution in [3.05, 3.63) is 69.7 Å². The summed E-state index contributed by atoms with van der Waals surface area (Å²) in [5.74, 6) is 0. The second-order valence-corrected chi connectivity index (χ2v) is 5.85. The van der Waals surface area contributed by atoms with Crippen LogP contribution >= 0.6 is 23.2 Å². The molecule has 3 rings (SSSR count). The first-order valence-electron chi connectivity index (χ1n) is 6.93. The van der Waals surface area contributed by atoms with Gasteiger partial charge >= 0.3 is 0 Å². The van der Waals surface area contributed by atoms with Crippen LogP contribution in [0.1, 0.15) is 23.6 Å². The first-order chi connectivity index (χ1) is 10.7. The largest absolute Gasteiger partial charge is 0.275 e. The Balaban J connectivity index is 1.88. The quantitative estimate of drug-likeness (QED) is 0.820. The minimum Gasteiger partial charge on any atom is -0.275 e. The SMILES string of the molecule is N#CC(c1ccc(Cl)c(Cl)c1)N1CCC(c2ccccc2)=N1. The van der Waals surface area contributed by atoms with Crippen LogP contribution in [0.5, 0.6) is 0 Å². The van der Waals surface area contributed by atoms with E-state index in [-0.39, 0.29) is 0 Å². The molecule has 1 aliphatic heterocycles. The summed E-state index contributed by atoms with van der Waals surface area (Å²) in [6.07, 6.45) is 0.823. The molecule has 3 nitrogen and oxygen atoms in total. The summed E-state index contributed by atoms with van der Waals surface area (Å²) in [6.45, 7) is 0.711. The fourth-order valence-electron chi connectivity index (χ4n) is 2.49. The minimum atomic E-state index is -0.462. The van der Waals surface area contributed by atoms with Gasteiger partial charge in [0, 0.05) is 13.0 Å². The van der Waals surface area contributed by atoms with Gasteiger partial charge in [0.05, 0.1) is 21.8 Å². The second-order valence-electron chi connectivity index (χ2n) is 5.03. The number of hydrazone groups is 1. The highest BCUT2D eigenvalue weighted by Gasteiger charge is 2.25. The van der Waals surface area contributed by atoms with Crippen LogP contribution in [0.25, 0.3) is 0 Å². The molecule has 22 heavy (non-hydrogen) atoms. The number of benzene rings is 2. The molecule has 0 amide bonds. The average Bonchev–Trinajstić information content (AvgIpc) is 3.02. The third-order valence-electron chi connectivity index (χ3n) is 3.61. The van der Waals surface area contributed by atoms with Crippen molar-refractivity contribution < 1.29 is 0 Å². The van der Waals surface area contributed by atoms with Crippen molar-refractivity contribution in [3.63, 3.8) is 0 Å². The van der Waals surface area contributed by atoms with Crippen LogP contribution in [0, 0.1) is 11.3 Å². The van der Waals surface area contributed by atoms with E-state index in [0.29, 0.717) is 16.6 Å². The third kappa shape index (κ3) is 2.94. The zero-order chi connectivity index (χ0) is 15.5. The molecule has 1 atom stereocenters. The number of hydrogen-bond donors (Lipinski definition) is 0. The Morgan fingerprint density at radius 3 is 2.55 bits per heavy atom. The molecule has 0 spiro atoms. The Morgan fingerprint density at radius 1 is 1.09 bits per heavy atom. The van der Waals surface area contributed by atoms with E-state index in [2.05, 4.69) is 11.2 Å². The fourth-order valence-corrected chi connectivity index (χ4v) is 2.80. The van der Waals surface area contributed by atoms with Gasteiger partial charge in [-0.2, -0.15) is 10.4 Å². The molecule has 0 aromatic heterocycles. The standard InChI is InChI=1S/C17H13Cl2N3/c18-14-7-6-13(10-15(14)19)17(11-20)22-9-8-16(21-22)12-4-2-1-3-5-12/h1-7,10,17H,8-9H2. The molecule has 2 aromatic rings. The third-order valence-corrected chi connectivity index (χ3v) is 4.35. The highest BCUT2D eigenvalue weighted by atomic mass is 35.5. The van der Waals surface area contributed by atoms with Crippen LogP contribution in [-0.4, -0.2) is 17.3 Å². The van der Waals surface area contributed by atoms with Gasteiger partial charge in [-0.25, -0.2) is 0 Å². The molecule has 0 radical (unpaired) electrons. The van der Waals surface area contributed by atoms with Crippen molar-refractivity contribution in [2.75, 3.05) is 6.54 Å². The Bertz CT molecular complexity index is 750. The number of nitriles is 1. The molecule has 2 aromatic carbocycles. The highest BCUT2D eigenvalue weighted by molar-refractivity contribution is 6.42. The van der Waals surface area contributed by atoms with Gasteiger partial charge in [-0.15, -0.1) is 0 Å². The van der Waals surface area contributed by atoms with Gasteiger partial charge in [0.2, 0.25) is 0 Å². The van der Waals surface area contributed by atoms with Crippen LogP contribution < -0.4 is 0 Å². The van der Waals surface area contributed by atoms with Gasteiger partial charge in [0.1, 0.15) is 0 Å². The lowest BCUT2D eigenvalue weighted by molar-refractivity contribution is 0.275. The molecular formula is C17H13Cl2N3. The Kier molecular flexibility index (Phi) is 4.33. The summed E-state index contributed by atoms with van der Waals surface area (Å²) in [6, 6.07) is 17.1. The maximum absolute atomic E-state index is 9.52. The van der Waals surface area contributed by atoms with Crippen LogP contribution in [0.2, 0.25) is 10.0 Å². The predicted molar refractivity (Wildman–Crippen MR) is 89.1 cm³/mol. The lowest BCUT2D eigenvalue weighted by atomic mass is 10.1. The van der Waals surface area contributed by atoms with Crippen LogP contribution in [0.15, 0.2) is 53.6 Å².